The molecule has 2 aromatic carbocycles. The number of benzene rings is 2. The maximum absolute atomic E-state index is 13.5. The Hall–Kier alpha value is -3.52. The molecule has 1 saturated carbocycles. The van der Waals surface area contributed by atoms with Crippen LogP contribution in [0.4, 0.5) is 5.69 Å². The smallest absolute Gasteiger partial charge is 0.297 e. The van der Waals surface area contributed by atoms with Crippen molar-refractivity contribution in [1.29, 1.82) is 0 Å². The molecule has 0 amide bonds. The van der Waals surface area contributed by atoms with Gasteiger partial charge in [-0.2, -0.15) is 0 Å². The van der Waals surface area contributed by atoms with Crippen LogP contribution in [0, 0.1) is 6.92 Å². The average Bonchev–Trinajstić information content (AvgIpc) is 3.60. The monoisotopic (exact) mass is 490 g/mol. The molecule has 0 aliphatic heterocycles. The molecule has 0 N–H and O–H groups in total. The van der Waals surface area contributed by atoms with Crippen molar-refractivity contribution in [2.45, 2.75) is 38.6 Å². The molecule has 0 unspecified atom stereocenters. The van der Waals surface area contributed by atoms with E-state index in [-0.39, 0.29) is 5.56 Å². The SMILES string of the molecule is COc1ccc(OC)c(-c2csc(=Nc3c(C)n(C)n(-c4ccccc4)c3=O)n2C2CCCC2)c1. The topological polar surface area (TPSA) is 62.7 Å². The van der Waals surface area contributed by atoms with Crippen molar-refractivity contribution in [3.63, 3.8) is 0 Å². The summed E-state index contributed by atoms with van der Waals surface area (Å²) in [6, 6.07) is 15.8. The minimum absolute atomic E-state index is 0.122. The standard InChI is InChI=1S/C27H30N4O3S/c1-18-25(26(32)31(29(18)2)20-12-6-5-7-13-20)28-27-30(19-10-8-9-11-19)23(17-35-27)22-16-21(33-3)14-15-24(22)34-4/h5-7,12-17,19H,8-11H2,1-4H3. The molecular formula is C27H30N4O3S. The van der Waals surface area contributed by atoms with Gasteiger partial charge in [0.2, 0.25) is 0 Å². The lowest BCUT2D eigenvalue weighted by atomic mass is 10.1. The van der Waals surface area contributed by atoms with Crippen LogP contribution in [0.5, 0.6) is 11.5 Å². The molecule has 1 fully saturated rings. The Morgan fingerprint density at radius 3 is 2.46 bits per heavy atom. The van der Waals surface area contributed by atoms with E-state index < -0.39 is 0 Å². The van der Waals surface area contributed by atoms with E-state index in [0.29, 0.717) is 11.7 Å². The summed E-state index contributed by atoms with van der Waals surface area (Å²) in [7, 11) is 5.25. The Balaban J connectivity index is 1.73. The first kappa shape index (κ1) is 23.2. The number of aromatic nitrogens is 3. The third kappa shape index (κ3) is 4.12. The van der Waals surface area contributed by atoms with Gasteiger partial charge in [0.05, 0.1) is 31.3 Å². The summed E-state index contributed by atoms with van der Waals surface area (Å²) in [5.74, 6) is 1.55. The largest absolute Gasteiger partial charge is 0.497 e. The molecule has 0 atom stereocenters. The predicted molar refractivity (Wildman–Crippen MR) is 139 cm³/mol. The van der Waals surface area contributed by atoms with E-state index in [0.717, 1.165) is 51.8 Å². The van der Waals surface area contributed by atoms with E-state index in [1.165, 1.54) is 12.8 Å². The molecule has 7 nitrogen and oxygen atoms in total. The number of hydrogen-bond acceptors (Lipinski definition) is 5. The van der Waals surface area contributed by atoms with E-state index in [9.17, 15) is 4.79 Å². The second-order valence-electron chi connectivity index (χ2n) is 8.80. The second kappa shape index (κ2) is 9.62. The van der Waals surface area contributed by atoms with Crippen LogP contribution in [-0.2, 0) is 7.05 Å². The second-order valence-corrected chi connectivity index (χ2v) is 9.64. The highest BCUT2D eigenvalue weighted by Crippen LogP contribution is 2.38. The molecule has 2 heterocycles. The van der Waals surface area contributed by atoms with Gasteiger partial charge in [0, 0.05) is 24.0 Å². The third-order valence-electron chi connectivity index (χ3n) is 6.85. The van der Waals surface area contributed by atoms with Crippen molar-refractivity contribution >= 4 is 17.0 Å². The lowest BCUT2D eigenvalue weighted by Gasteiger charge is -2.18. The van der Waals surface area contributed by atoms with Gasteiger partial charge in [-0.1, -0.05) is 31.0 Å². The fourth-order valence-electron chi connectivity index (χ4n) is 4.91. The molecule has 8 heteroatoms. The molecule has 1 aliphatic rings. The van der Waals surface area contributed by atoms with Gasteiger partial charge >= 0.3 is 0 Å². The molecule has 182 valence electrons. The lowest BCUT2D eigenvalue weighted by molar-refractivity contribution is 0.403. The van der Waals surface area contributed by atoms with E-state index >= 15 is 0 Å². The zero-order valence-electron chi connectivity index (χ0n) is 20.5. The van der Waals surface area contributed by atoms with Gasteiger partial charge in [0.25, 0.3) is 5.56 Å². The molecule has 35 heavy (non-hydrogen) atoms. The quantitative estimate of drug-likeness (QED) is 0.365. The summed E-state index contributed by atoms with van der Waals surface area (Å²) >= 11 is 1.56. The van der Waals surface area contributed by atoms with Crippen LogP contribution < -0.4 is 19.8 Å². The molecule has 0 spiro atoms. The first-order chi connectivity index (χ1) is 17.0. The molecular weight excluding hydrogens is 460 g/mol. The van der Waals surface area contributed by atoms with Crippen molar-refractivity contribution in [3.05, 3.63) is 74.8 Å². The summed E-state index contributed by atoms with van der Waals surface area (Å²) in [6.07, 6.45) is 4.55. The van der Waals surface area contributed by atoms with E-state index in [2.05, 4.69) is 9.95 Å². The van der Waals surface area contributed by atoms with Gasteiger partial charge in [-0.3, -0.25) is 9.48 Å². The lowest BCUT2D eigenvalue weighted by Crippen LogP contribution is -2.22. The van der Waals surface area contributed by atoms with Gasteiger partial charge in [0.1, 0.15) is 11.5 Å². The summed E-state index contributed by atoms with van der Waals surface area (Å²) < 4.78 is 17.0. The molecule has 0 saturated heterocycles. The van der Waals surface area contributed by atoms with Crippen molar-refractivity contribution in [2.24, 2.45) is 12.0 Å². The average molecular weight is 491 g/mol. The van der Waals surface area contributed by atoms with Gasteiger partial charge in [-0.25, -0.2) is 9.67 Å². The molecule has 5 rings (SSSR count). The van der Waals surface area contributed by atoms with E-state index in [4.69, 9.17) is 14.5 Å². The van der Waals surface area contributed by atoms with Crippen molar-refractivity contribution in [1.82, 2.24) is 13.9 Å². The molecule has 2 aromatic heterocycles. The van der Waals surface area contributed by atoms with Crippen LogP contribution in [0.25, 0.3) is 16.9 Å². The Morgan fingerprint density at radius 2 is 1.77 bits per heavy atom. The number of rotatable bonds is 6. The first-order valence-electron chi connectivity index (χ1n) is 11.8. The minimum Gasteiger partial charge on any atom is -0.497 e. The highest BCUT2D eigenvalue weighted by molar-refractivity contribution is 7.07. The third-order valence-corrected chi connectivity index (χ3v) is 7.69. The summed E-state index contributed by atoms with van der Waals surface area (Å²) in [5, 5.41) is 2.11. The van der Waals surface area contributed by atoms with Crippen LogP contribution in [0.15, 0.2) is 63.7 Å². The summed E-state index contributed by atoms with van der Waals surface area (Å²) in [6.45, 7) is 1.94. The van der Waals surface area contributed by atoms with Crippen LogP contribution in [0.2, 0.25) is 0 Å². The number of nitrogens with zero attached hydrogens (tertiary/aromatic N) is 4. The molecule has 0 radical (unpaired) electrons. The van der Waals surface area contributed by atoms with Crippen molar-refractivity contribution < 1.29 is 9.47 Å². The summed E-state index contributed by atoms with van der Waals surface area (Å²) in [5.41, 5.74) is 3.99. The first-order valence-corrected chi connectivity index (χ1v) is 12.7. The number of methoxy groups -OCH3 is 2. The van der Waals surface area contributed by atoms with Crippen molar-refractivity contribution in [3.8, 4) is 28.4 Å². The minimum atomic E-state index is -0.122. The van der Waals surface area contributed by atoms with Gasteiger partial charge in [-0.05, 0) is 50.1 Å². The van der Waals surface area contributed by atoms with Crippen LogP contribution >= 0.6 is 11.3 Å². The zero-order valence-corrected chi connectivity index (χ0v) is 21.3. The fraction of sp³-hybridized carbons (Fsp3) is 0.333. The molecule has 4 aromatic rings. The predicted octanol–water partition coefficient (Wildman–Crippen LogP) is 5.38. The van der Waals surface area contributed by atoms with Crippen LogP contribution in [0.3, 0.4) is 0 Å². The Labute approximate surface area is 208 Å². The highest BCUT2D eigenvalue weighted by Gasteiger charge is 2.24. The number of ether oxygens (including phenoxy) is 2. The maximum atomic E-state index is 13.5. The van der Waals surface area contributed by atoms with E-state index in [1.807, 2.05) is 67.2 Å². The number of para-hydroxylation sites is 1. The Morgan fingerprint density at radius 1 is 1.03 bits per heavy atom. The van der Waals surface area contributed by atoms with Gasteiger partial charge < -0.3 is 14.0 Å². The number of hydrogen-bond donors (Lipinski definition) is 0. The Bertz CT molecular complexity index is 1470. The molecule has 1 aliphatic carbocycles. The van der Waals surface area contributed by atoms with E-state index in [1.54, 1.807) is 30.2 Å². The number of thiazole rings is 1. The van der Waals surface area contributed by atoms with Gasteiger partial charge in [-0.15, -0.1) is 11.3 Å². The fourth-order valence-corrected chi connectivity index (χ4v) is 5.87. The van der Waals surface area contributed by atoms with Gasteiger partial charge in [0.15, 0.2) is 10.5 Å². The summed E-state index contributed by atoms with van der Waals surface area (Å²) in [4.78, 5) is 19.3. The maximum Gasteiger partial charge on any atom is 0.297 e. The van der Waals surface area contributed by atoms with Crippen LogP contribution in [0.1, 0.15) is 37.4 Å². The normalized spacial score (nSPS) is 14.6. The molecule has 0 bridgehead atoms. The van der Waals surface area contributed by atoms with Crippen molar-refractivity contribution in [2.75, 3.05) is 14.2 Å². The van der Waals surface area contributed by atoms with Crippen LogP contribution in [-0.4, -0.2) is 28.2 Å². The highest BCUT2D eigenvalue weighted by atomic mass is 32.1. The zero-order chi connectivity index (χ0) is 24.5. The Kier molecular flexibility index (Phi) is 6.38.